The number of hydrogen-bond donors (Lipinski definition) is 1. The van der Waals surface area contributed by atoms with Crippen molar-refractivity contribution in [2.75, 3.05) is 0 Å². The Morgan fingerprint density at radius 3 is 2.74 bits per heavy atom. The highest BCUT2D eigenvalue weighted by Crippen LogP contribution is 2.28. The largest absolute Gasteiger partial charge is 0.475 e. The fourth-order valence-corrected chi connectivity index (χ4v) is 2.51. The van der Waals surface area contributed by atoms with E-state index in [1.807, 2.05) is 0 Å². The lowest BCUT2D eigenvalue weighted by Crippen LogP contribution is -1.91. The van der Waals surface area contributed by atoms with Gasteiger partial charge >= 0.3 is 5.97 Å². The maximum absolute atomic E-state index is 13.4. The van der Waals surface area contributed by atoms with Crippen LogP contribution in [0.1, 0.15) is 21.9 Å². The first-order valence-electron chi connectivity index (χ1n) is 5.38. The van der Waals surface area contributed by atoms with E-state index in [9.17, 15) is 13.6 Å². The number of carboxylic acids is 1. The van der Waals surface area contributed by atoms with Crippen LogP contribution in [0.15, 0.2) is 33.6 Å². The number of thioether (sulfide) groups is 1. The lowest BCUT2D eigenvalue weighted by molar-refractivity contribution is 0.0661. The smallest absolute Gasteiger partial charge is 0.371 e. The molecule has 0 aliphatic heterocycles. The Kier molecular flexibility index (Phi) is 3.90. The Labute approximate surface area is 112 Å². The molecule has 0 radical (unpaired) electrons. The van der Waals surface area contributed by atoms with Gasteiger partial charge in [-0.05, 0) is 31.2 Å². The van der Waals surface area contributed by atoms with E-state index in [2.05, 4.69) is 0 Å². The molecular weight excluding hydrogens is 274 g/mol. The van der Waals surface area contributed by atoms with Crippen LogP contribution in [0.5, 0.6) is 0 Å². The molecule has 0 amide bonds. The molecule has 0 spiro atoms. The van der Waals surface area contributed by atoms with Crippen LogP contribution >= 0.6 is 11.8 Å². The van der Waals surface area contributed by atoms with E-state index in [0.29, 0.717) is 17.1 Å². The third kappa shape index (κ3) is 3.14. The van der Waals surface area contributed by atoms with E-state index in [-0.39, 0.29) is 10.7 Å². The average molecular weight is 284 g/mol. The number of aryl methyl sites for hydroxylation is 1. The van der Waals surface area contributed by atoms with E-state index in [1.165, 1.54) is 6.07 Å². The van der Waals surface area contributed by atoms with E-state index < -0.39 is 17.6 Å². The van der Waals surface area contributed by atoms with E-state index in [4.69, 9.17) is 9.52 Å². The molecular formula is C13H10F2O3S. The van der Waals surface area contributed by atoms with Gasteiger partial charge in [0.05, 0.1) is 0 Å². The van der Waals surface area contributed by atoms with Crippen LogP contribution in [0.25, 0.3) is 0 Å². The summed E-state index contributed by atoms with van der Waals surface area (Å²) in [5.74, 6) is -1.57. The molecule has 1 aromatic heterocycles. The van der Waals surface area contributed by atoms with Crippen molar-refractivity contribution in [2.45, 2.75) is 17.6 Å². The highest BCUT2D eigenvalue weighted by Gasteiger charge is 2.14. The van der Waals surface area contributed by atoms with Crippen molar-refractivity contribution in [3.8, 4) is 0 Å². The molecule has 100 valence electrons. The molecule has 0 aliphatic rings. The fraction of sp³-hybridized carbons (Fsp3) is 0.154. The van der Waals surface area contributed by atoms with E-state index >= 15 is 0 Å². The van der Waals surface area contributed by atoms with Gasteiger partial charge in [-0.15, -0.1) is 11.8 Å². The third-order valence-electron chi connectivity index (χ3n) is 2.51. The Bertz CT molecular complexity index is 622. The number of carbonyl (C=O) groups is 1. The van der Waals surface area contributed by atoms with Crippen molar-refractivity contribution >= 4 is 17.7 Å². The molecule has 1 heterocycles. The summed E-state index contributed by atoms with van der Waals surface area (Å²) in [7, 11) is 0. The van der Waals surface area contributed by atoms with Crippen LogP contribution in [0.3, 0.4) is 0 Å². The molecule has 2 aromatic rings. The summed E-state index contributed by atoms with van der Waals surface area (Å²) in [6, 6.07) is 4.60. The predicted octanol–water partition coefficient (Wildman–Crippen LogP) is 3.86. The van der Waals surface area contributed by atoms with Crippen molar-refractivity contribution in [3.63, 3.8) is 0 Å². The Balaban J connectivity index is 2.14. The van der Waals surface area contributed by atoms with Crippen molar-refractivity contribution in [1.29, 1.82) is 0 Å². The average Bonchev–Trinajstić information content (AvgIpc) is 2.72. The van der Waals surface area contributed by atoms with Crippen LogP contribution in [-0.2, 0) is 5.75 Å². The highest BCUT2D eigenvalue weighted by atomic mass is 32.2. The van der Waals surface area contributed by atoms with Gasteiger partial charge in [-0.3, -0.25) is 0 Å². The summed E-state index contributed by atoms with van der Waals surface area (Å²) in [5.41, 5.74) is 0.645. The number of aromatic carboxylic acids is 1. The molecule has 0 saturated heterocycles. The molecule has 0 saturated carbocycles. The molecule has 3 nitrogen and oxygen atoms in total. The molecule has 0 unspecified atom stereocenters. The van der Waals surface area contributed by atoms with Crippen LogP contribution in [0, 0.1) is 18.6 Å². The summed E-state index contributed by atoms with van der Waals surface area (Å²) in [6.45, 7) is 1.63. The number of rotatable bonds is 4. The number of furan rings is 1. The molecule has 2 rings (SSSR count). The van der Waals surface area contributed by atoms with Gasteiger partial charge in [0.25, 0.3) is 0 Å². The van der Waals surface area contributed by atoms with Gasteiger partial charge in [0.1, 0.15) is 17.4 Å². The first kappa shape index (κ1) is 13.6. The van der Waals surface area contributed by atoms with Gasteiger partial charge in [-0.2, -0.15) is 0 Å². The van der Waals surface area contributed by atoms with Crippen molar-refractivity contribution in [3.05, 3.63) is 53.0 Å². The van der Waals surface area contributed by atoms with Gasteiger partial charge in [0, 0.05) is 16.2 Å². The topological polar surface area (TPSA) is 50.4 Å². The van der Waals surface area contributed by atoms with Gasteiger partial charge < -0.3 is 9.52 Å². The SMILES string of the molecule is Cc1oc(C(=O)O)cc1CSc1cc(F)ccc1F. The molecule has 0 atom stereocenters. The minimum absolute atomic E-state index is 0.159. The standard InChI is InChI=1S/C13H10F2O3S/c1-7-8(4-11(18-7)13(16)17)6-19-12-5-9(14)2-3-10(12)15/h2-5H,6H2,1H3,(H,16,17). The summed E-state index contributed by atoms with van der Waals surface area (Å²) < 4.78 is 31.4. The monoisotopic (exact) mass is 284 g/mol. The van der Waals surface area contributed by atoms with E-state index in [1.54, 1.807) is 6.92 Å². The zero-order valence-electron chi connectivity index (χ0n) is 9.94. The van der Waals surface area contributed by atoms with Crippen molar-refractivity contribution in [2.24, 2.45) is 0 Å². The molecule has 0 fully saturated rings. The maximum atomic E-state index is 13.4. The van der Waals surface area contributed by atoms with Gasteiger partial charge in [-0.25, -0.2) is 13.6 Å². The summed E-state index contributed by atoms with van der Waals surface area (Å²) in [5, 5.41) is 8.78. The lowest BCUT2D eigenvalue weighted by atomic mass is 10.3. The van der Waals surface area contributed by atoms with Gasteiger partial charge in [-0.1, -0.05) is 0 Å². The fourth-order valence-electron chi connectivity index (χ4n) is 1.51. The minimum Gasteiger partial charge on any atom is -0.475 e. The van der Waals surface area contributed by atoms with Gasteiger partial charge in [0.2, 0.25) is 5.76 Å². The third-order valence-corrected chi connectivity index (χ3v) is 3.59. The molecule has 1 N–H and O–H groups in total. The Hall–Kier alpha value is -1.82. The lowest BCUT2D eigenvalue weighted by Gasteiger charge is -2.02. The van der Waals surface area contributed by atoms with Crippen molar-refractivity contribution < 1.29 is 23.1 Å². The Morgan fingerprint density at radius 2 is 2.11 bits per heavy atom. The van der Waals surface area contributed by atoms with Crippen LogP contribution in [0.4, 0.5) is 8.78 Å². The summed E-state index contributed by atoms with van der Waals surface area (Å²) >= 11 is 1.09. The number of halogens is 2. The normalized spacial score (nSPS) is 10.7. The second kappa shape index (κ2) is 5.44. The maximum Gasteiger partial charge on any atom is 0.371 e. The minimum atomic E-state index is -1.16. The quantitative estimate of drug-likeness (QED) is 0.866. The predicted molar refractivity (Wildman–Crippen MR) is 66.3 cm³/mol. The summed E-state index contributed by atoms with van der Waals surface area (Å²) in [6.07, 6.45) is 0. The molecule has 0 aliphatic carbocycles. The zero-order valence-corrected chi connectivity index (χ0v) is 10.8. The second-order valence-electron chi connectivity index (χ2n) is 3.86. The molecule has 19 heavy (non-hydrogen) atoms. The van der Waals surface area contributed by atoms with Gasteiger partial charge in [0.15, 0.2) is 0 Å². The van der Waals surface area contributed by atoms with Crippen LogP contribution in [0.2, 0.25) is 0 Å². The van der Waals surface area contributed by atoms with Crippen LogP contribution < -0.4 is 0 Å². The first-order valence-corrected chi connectivity index (χ1v) is 6.36. The summed E-state index contributed by atoms with van der Waals surface area (Å²) in [4.78, 5) is 10.9. The second-order valence-corrected chi connectivity index (χ2v) is 4.88. The molecule has 6 heteroatoms. The number of benzene rings is 1. The molecule has 0 bridgehead atoms. The number of hydrogen-bond acceptors (Lipinski definition) is 3. The van der Waals surface area contributed by atoms with E-state index in [0.717, 1.165) is 30.0 Å². The zero-order chi connectivity index (χ0) is 14.0. The highest BCUT2D eigenvalue weighted by molar-refractivity contribution is 7.98. The Morgan fingerprint density at radius 1 is 1.37 bits per heavy atom. The number of carboxylic acid groups (broad SMARTS) is 1. The van der Waals surface area contributed by atoms with Crippen LogP contribution in [-0.4, -0.2) is 11.1 Å². The van der Waals surface area contributed by atoms with Crippen molar-refractivity contribution in [1.82, 2.24) is 0 Å². The first-order chi connectivity index (χ1) is 8.97. The molecule has 1 aromatic carbocycles.